The number of hydrogen-bond acceptors (Lipinski definition) is 7. The molecule has 9 heteroatoms. The zero-order chi connectivity index (χ0) is 25.2. The van der Waals surface area contributed by atoms with Gasteiger partial charge in [0.25, 0.3) is 5.91 Å². The van der Waals surface area contributed by atoms with Gasteiger partial charge in [-0.15, -0.1) is 11.3 Å². The van der Waals surface area contributed by atoms with Crippen LogP contribution >= 0.6 is 11.3 Å². The van der Waals surface area contributed by atoms with Crippen molar-refractivity contribution >= 4 is 45.9 Å². The SMILES string of the molecule is CCOC(=O)c1c(NC(=O)/C=C/c2ccc(OCOC)cc2)sc(C(=O)Nc2ccccc2)c1C. The molecular weight excluding hydrogens is 468 g/mol. The van der Waals surface area contributed by atoms with Gasteiger partial charge in [0, 0.05) is 18.9 Å². The van der Waals surface area contributed by atoms with Gasteiger partial charge in [-0.2, -0.15) is 0 Å². The average Bonchev–Trinajstić information content (AvgIpc) is 3.18. The molecule has 0 saturated heterocycles. The highest BCUT2D eigenvalue weighted by Gasteiger charge is 2.26. The Morgan fingerprint density at radius 3 is 2.37 bits per heavy atom. The van der Waals surface area contributed by atoms with Crippen LogP contribution < -0.4 is 15.4 Å². The summed E-state index contributed by atoms with van der Waals surface area (Å²) < 4.78 is 15.4. The maximum atomic E-state index is 12.9. The first-order valence-corrected chi connectivity index (χ1v) is 11.6. The van der Waals surface area contributed by atoms with Crippen LogP contribution in [0.25, 0.3) is 6.08 Å². The number of hydrogen-bond donors (Lipinski definition) is 2. The lowest BCUT2D eigenvalue weighted by Gasteiger charge is -2.06. The van der Waals surface area contributed by atoms with Crippen LogP contribution in [0.1, 0.15) is 38.1 Å². The second-order valence-electron chi connectivity index (χ2n) is 7.24. The van der Waals surface area contributed by atoms with Gasteiger partial charge in [0.05, 0.1) is 17.0 Å². The molecule has 2 amide bonds. The summed E-state index contributed by atoms with van der Waals surface area (Å²) in [6.45, 7) is 3.65. The molecule has 0 radical (unpaired) electrons. The minimum absolute atomic E-state index is 0.145. The van der Waals surface area contributed by atoms with Gasteiger partial charge in [-0.3, -0.25) is 9.59 Å². The molecule has 3 rings (SSSR count). The van der Waals surface area contributed by atoms with E-state index >= 15 is 0 Å². The first kappa shape index (κ1) is 25.7. The summed E-state index contributed by atoms with van der Waals surface area (Å²) in [5.74, 6) is -0.795. The van der Waals surface area contributed by atoms with Crippen molar-refractivity contribution in [1.82, 2.24) is 0 Å². The van der Waals surface area contributed by atoms with Gasteiger partial charge >= 0.3 is 5.97 Å². The summed E-state index contributed by atoms with van der Waals surface area (Å²) in [6, 6.07) is 16.1. The Kier molecular flexibility index (Phi) is 9.16. The number of esters is 1. The van der Waals surface area contributed by atoms with Gasteiger partial charge in [0.15, 0.2) is 6.79 Å². The normalized spacial score (nSPS) is 10.7. The topological polar surface area (TPSA) is 103 Å². The predicted molar refractivity (Wildman–Crippen MR) is 136 cm³/mol. The fourth-order valence-electron chi connectivity index (χ4n) is 3.10. The van der Waals surface area contributed by atoms with Crippen LogP contribution in [0.5, 0.6) is 5.75 Å². The highest BCUT2D eigenvalue weighted by Crippen LogP contribution is 2.34. The van der Waals surface area contributed by atoms with Gasteiger partial charge in [-0.05, 0) is 55.3 Å². The third-order valence-electron chi connectivity index (χ3n) is 4.75. The van der Waals surface area contributed by atoms with E-state index in [0.29, 0.717) is 21.9 Å². The summed E-state index contributed by atoms with van der Waals surface area (Å²) in [5, 5.41) is 5.76. The van der Waals surface area contributed by atoms with Gasteiger partial charge in [-0.1, -0.05) is 30.3 Å². The fraction of sp³-hybridized carbons (Fsp3) is 0.192. The van der Waals surface area contributed by atoms with Crippen molar-refractivity contribution in [2.24, 2.45) is 0 Å². The van der Waals surface area contributed by atoms with E-state index < -0.39 is 11.9 Å². The zero-order valence-electron chi connectivity index (χ0n) is 19.6. The van der Waals surface area contributed by atoms with E-state index in [2.05, 4.69) is 10.6 Å². The molecule has 0 unspecified atom stereocenters. The molecule has 1 heterocycles. The Morgan fingerprint density at radius 1 is 1.00 bits per heavy atom. The van der Waals surface area contributed by atoms with Crippen LogP contribution in [0.3, 0.4) is 0 Å². The predicted octanol–water partition coefficient (Wildman–Crippen LogP) is 5.12. The number of carbonyl (C=O) groups excluding carboxylic acids is 3. The van der Waals surface area contributed by atoms with Crippen LogP contribution in [0.15, 0.2) is 60.7 Å². The molecule has 2 N–H and O–H groups in total. The van der Waals surface area contributed by atoms with Crippen LogP contribution in [-0.2, 0) is 14.3 Å². The number of benzene rings is 2. The molecule has 35 heavy (non-hydrogen) atoms. The lowest BCUT2D eigenvalue weighted by molar-refractivity contribution is -0.111. The van der Waals surface area contributed by atoms with Gasteiger partial charge in [0.1, 0.15) is 10.8 Å². The number of anilines is 2. The minimum atomic E-state index is -0.606. The maximum absolute atomic E-state index is 12.9. The molecule has 8 nitrogen and oxygen atoms in total. The second kappa shape index (κ2) is 12.5. The first-order chi connectivity index (χ1) is 16.9. The quantitative estimate of drug-likeness (QED) is 0.230. The molecular formula is C26H26N2O6S. The van der Waals surface area contributed by atoms with Crippen molar-refractivity contribution < 1.29 is 28.6 Å². The van der Waals surface area contributed by atoms with Crippen molar-refractivity contribution in [3.05, 3.63) is 82.2 Å². The van der Waals surface area contributed by atoms with Gasteiger partial charge in [0.2, 0.25) is 5.91 Å². The number of thiophene rings is 1. The number of ether oxygens (including phenoxy) is 3. The lowest BCUT2D eigenvalue weighted by atomic mass is 10.1. The lowest BCUT2D eigenvalue weighted by Crippen LogP contribution is -2.13. The molecule has 0 aliphatic rings. The molecule has 3 aromatic rings. The third kappa shape index (κ3) is 7.02. The molecule has 1 aromatic heterocycles. The Hall–Kier alpha value is -3.95. The smallest absolute Gasteiger partial charge is 0.341 e. The summed E-state index contributed by atoms with van der Waals surface area (Å²) in [6.07, 6.45) is 2.97. The third-order valence-corrected chi connectivity index (χ3v) is 5.96. The molecule has 0 fully saturated rings. The molecule has 182 valence electrons. The van der Waals surface area contributed by atoms with Crippen LogP contribution in [0.4, 0.5) is 10.7 Å². The number of amides is 2. The van der Waals surface area contributed by atoms with E-state index in [1.807, 2.05) is 6.07 Å². The molecule has 0 bridgehead atoms. The Balaban J connectivity index is 1.78. The van der Waals surface area contributed by atoms with E-state index in [-0.39, 0.29) is 29.9 Å². The van der Waals surface area contributed by atoms with Crippen molar-refractivity contribution in [2.45, 2.75) is 13.8 Å². The molecule has 2 aromatic carbocycles. The summed E-state index contributed by atoms with van der Waals surface area (Å²) >= 11 is 1.02. The highest BCUT2D eigenvalue weighted by molar-refractivity contribution is 7.19. The number of methoxy groups -OCH3 is 1. The number of para-hydroxylation sites is 1. The monoisotopic (exact) mass is 494 g/mol. The van der Waals surface area contributed by atoms with Crippen molar-refractivity contribution in [1.29, 1.82) is 0 Å². The molecule has 0 spiro atoms. The largest absolute Gasteiger partial charge is 0.468 e. The van der Waals surface area contributed by atoms with E-state index in [4.69, 9.17) is 14.2 Å². The van der Waals surface area contributed by atoms with E-state index in [0.717, 1.165) is 16.9 Å². The molecule has 0 saturated carbocycles. The summed E-state index contributed by atoms with van der Waals surface area (Å²) in [4.78, 5) is 38.4. The van der Waals surface area contributed by atoms with E-state index in [1.54, 1.807) is 68.5 Å². The van der Waals surface area contributed by atoms with Crippen molar-refractivity contribution in [2.75, 3.05) is 31.1 Å². The maximum Gasteiger partial charge on any atom is 0.341 e. The van der Waals surface area contributed by atoms with Crippen molar-refractivity contribution in [3.8, 4) is 5.75 Å². The number of nitrogens with one attached hydrogen (secondary N) is 2. The highest BCUT2D eigenvalue weighted by atomic mass is 32.1. The molecule has 0 atom stereocenters. The molecule has 0 aliphatic carbocycles. The zero-order valence-corrected chi connectivity index (χ0v) is 20.4. The number of carbonyl (C=O) groups is 3. The average molecular weight is 495 g/mol. The molecule has 0 aliphatic heterocycles. The van der Waals surface area contributed by atoms with Crippen molar-refractivity contribution in [3.63, 3.8) is 0 Å². The second-order valence-corrected chi connectivity index (χ2v) is 8.26. The Morgan fingerprint density at radius 2 is 1.71 bits per heavy atom. The van der Waals surface area contributed by atoms with Gasteiger partial charge < -0.3 is 24.8 Å². The van der Waals surface area contributed by atoms with Gasteiger partial charge in [-0.25, -0.2) is 4.79 Å². The summed E-state index contributed by atoms with van der Waals surface area (Å²) in [7, 11) is 1.54. The fourth-order valence-corrected chi connectivity index (χ4v) is 4.20. The first-order valence-electron chi connectivity index (χ1n) is 10.8. The standard InChI is InChI=1S/C26H26N2O6S/c1-4-33-26(31)22-17(2)23(24(30)27-19-8-6-5-7-9-19)35-25(22)28-21(29)15-12-18-10-13-20(14-11-18)34-16-32-3/h5-15H,4,16H2,1-3H3,(H,27,30)(H,28,29)/b15-12+. The van der Waals surface area contributed by atoms with Crippen LogP contribution in [0.2, 0.25) is 0 Å². The van der Waals surface area contributed by atoms with Crippen LogP contribution in [-0.4, -0.2) is 38.3 Å². The van der Waals surface area contributed by atoms with Crippen LogP contribution in [0, 0.1) is 6.92 Å². The minimum Gasteiger partial charge on any atom is -0.468 e. The Labute approximate surface area is 207 Å². The summed E-state index contributed by atoms with van der Waals surface area (Å²) in [5.41, 5.74) is 2.00. The van der Waals surface area contributed by atoms with E-state index in [9.17, 15) is 14.4 Å². The Bertz CT molecular complexity index is 1200. The number of rotatable bonds is 10. The van der Waals surface area contributed by atoms with E-state index in [1.165, 1.54) is 13.2 Å².